The number of carbonyl (C=O) groups is 3. The van der Waals surface area contributed by atoms with Crippen LogP contribution in [0.4, 0.5) is 15.8 Å². The van der Waals surface area contributed by atoms with E-state index in [1.165, 1.54) is 28.8 Å². The molecule has 2 aliphatic rings. The molecule has 4 aromatic carbocycles. The Labute approximate surface area is 257 Å². The maximum atomic E-state index is 13.9. The van der Waals surface area contributed by atoms with Crippen molar-refractivity contribution in [3.8, 4) is 0 Å². The minimum Gasteiger partial charge on any atom is -0.324 e. The van der Waals surface area contributed by atoms with Crippen molar-refractivity contribution in [3.63, 3.8) is 0 Å². The van der Waals surface area contributed by atoms with Gasteiger partial charge in [-0.15, -0.1) is 0 Å². The molecule has 43 heavy (non-hydrogen) atoms. The molecule has 3 atom stereocenters. The molecule has 3 heterocycles. The highest BCUT2D eigenvalue weighted by Gasteiger charge is 2.56. The van der Waals surface area contributed by atoms with Crippen molar-refractivity contribution < 1.29 is 18.8 Å². The number of thioether (sulfide) groups is 1. The van der Waals surface area contributed by atoms with Crippen LogP contribution in [0.15, 0.2) is 101 Å². The van der Waals surface area contributed by atoms with Gasteiger partial charge < -0.3 is 5.32 Å². The van der Waals surface area contributed by atoms with Crippen LogP contribution < -0.4 is 15.1 Å². The van der Waals surface area contributed by atoms with E-state index in [-0.39, 0.29) is 17.1 Å². The summed E-state index contributed by atoms with van der Waals surface area (Å²) in [6, 6.07) is 25.4. The summed E-state index contributed by atoms with van der Waals surface area (Å²) < 4.78 is 15.0. The summed E-state index contributed by atoms with van der Waals surface area (Å²) >= 11 is 8.25. The molecule has 11 heteroatoms. The third kappa shape index (κ3) is 4.75. The number of fused-ring (bicyclic) bond motifs is 3. The number of benzene rings is 4. The summed E-state index contributed by atoms with van der Waals surface area (Å²) in [5.74, 6) is -3.21. The average Bonchev–Trinajstić information content (AvgIpc) is 3.44. The van der Waals surface area contributed by atoms with E-state index in [9.17, 15) is 23.6 Å². The molecule has 1 fully saturated rings. The van der Waals surface area contributed by atoms with Gasteiger partial charge in [-0.25, -0.2) is 9.29 Å². The second-order valence-electron chi connectivity index (χ2n) is 10.3. The molecule has 0 spiro atoms. The van der Waals surface area contributed by atoms with E-state index < -0.39 is 40.6 Å². The molecule has 7 nitrogen and oxygen atoms in total. The molecule has 214 valence electrons. The van der Waals surface area contributed by atoms with Crippen LogP contribution in [0.25, 0.3) is 10.8 Å². The van der Waals surface area contributed by atoms with Crippen molar-refractivity contribution in [2.24, 2.45) is 5.92 Å². The molecule has 3 amide bonds. The molecule has 5 aromatic rings. The second kappa shape index (κ2) is 10.8. The van der Waals surface area contributed by atoms with Crippen LogP contribution in [0.3, 0.4) is 0 Å². The highest BCUT2D eigenvalue weighted by atomic mass is 35.5. The predicted molar refractivity (Wildman–Crippen MR) is 166 cm³/mol. The Morgan fingerprint density at radius 1 is 0.884 bits per heavy atom. The maximum Gasteiger partial charge on any atom is 0.308 e. The second-order valence-corrected chi connectivity index (χ2v) is 12.8. The van der Waals surface area contributed by atoms with Crippen LogP contribution in [-0.4, -0.2) is 27.5 Å². The number of amides is 3. The standard InChI is InChI=1S/C32H21ClFN3O4S2/c33-19-10-8-18(9-11-19)25-26-27(30(40)37(29(26)39)21-14-12-20(34)13-15-21)42-31-28(25)43-32(41)36(31)16-24(38)35-23-7-3-5-17-4-1-2-6-22(17)23/h1-15,25-27H,16H2,(H,35,38)/t25-,26-,27+/m0/s1. The monoisotopic (exact) mass is 629 g/mol. The number of rotatable bonds is 5. The van der Waals surface area contributed by atoms with Crippen molar-refractivity contribution in [1.82, 2.24) is 4.57 Å². The fourth-order valence-electron chi connectivity index (χ4n) is 5.80. The van der Waals surface area contributed by atoms with Gasteiger partial charge in [-0.05, 0) is 53.4 Å². The number of aromatic nitrogens is 1. The number of nitrogens with one attached hydrogen (secondary N) is 1. The first-order valence-electron chi connectivity index (χ1n) is 13.4. The number of nitrogens with zero attached hydrogens (tertiary/aromatic N) is 2. The highest BCUT2D eigenvalue weighted by molar-refractivity contribution is 8.00. The van der Waals surface area contributed by atoms with Crippen LogP contribution in [0.1, 0.15) is 16.4 Å². The molecular formula is C32H21ClFN3O4S2. The Kier molecular flexibility index (Phi) is 6.92. The smallest absolute Gasteiger partial charge is 0.308 e. The van der Waals surface area contributed by atoms with E-state index >= 15 is 0 Å². The van der Waals surface area contributed by atoms with Gasteiger partial charge in [0.05, 0.1) is 16.6 Å². The molecule has 0 saturated carbocycles. The zero-order valence-electron chi connectivity index (χ0n) is 22.2. The SMILES string of the molecule is O=C(Cn1c2c(sc1=O)[C@@H](c1ccc(Cl)cc1)[C@@H]1C(=O)N(c3ccc(F)cc3)C(=O)[C@@H]1S2)Nc1cccc2ccccc12. The van der Waals surface area contributed by atoms with Crippen molar-refractivity contribution >= 4 is 74.6 Å². The summed E-state index contributed by atoms with van der Waals surface area (Å²) in [7, 11) is 0. The normalized spacial score (nSPS) is 19.4. The summed E-state index contributed by atoms with van der Waals surface area (Å²) in [5.41, 5.74) is 1.62. The molecule has 7 rings (SSSR count). The zero-order valence-corrected chi connectivity index (χ0v) is 24.6. The molecule has 0 aliphatic carbocycles. The van der Waals surface area contributed by atoms with Crippen LogP contribution in [-0.2, 0) is 20.9 Å². The first kappa shape index (κ1) is 27.6. The highest BCUT2D eigenvalue weighted by Crippen LogP contribution is 2.54. The Morgan fingerprint density at radius 3 is 2.37 bits per heavy atom. The van der Waals surface area contributed by atoms with Crippen LogP contribution in [0.2, 0.25) is 5.02 Å². The van der Waals surface area contributed by atoms with Crippen LogP contribution in [0.5, 0.6) is 0 Å². The number of hydrogen-bond acceptors (Lipinski definition) is 6. The number of thiazole rings is 1. The van der Waals surface area contributed by atoms with Gasteiger partial charge in [0.1, 0.15) is 17.6 Å². The molecule has 0 unspecified atom stereocenters. The number of carbonyl (C=O) groups excluding carboxylic acids is 3. The minimum atomic E-state index is -0.855. The van der Waals surface area contributed by atoms with E-state index in [1.54, 1.807) is 30.3 Å². The lowest BCUT2D eigenvalue weighted by atomic mass is 9.83. The van der Waals surface area contributed by atoms with E-state index in [0.717, 1.165) is 44.3 Å². The first-order valence-corrected chi connectivity index (χ1v) is 15.4. The molecule has 0 bridgehead atoms. The maximum absolute atomic E-state index is 13.9. The first-order chi connectivity index (χ1) is 20.8. The topological polar surface area (TPSA) is 88.5 Å². The lowest BCUT2D eigenvalue weighted by Crippen LogP contribution is -2.33. The predicted octanol–water partition coefficient (Wildman–Crippen LogP) is 6.29. The van der Waals surface area contributed by atoms with E-state index in [2.05, 4.69) is 5.32 Å². The molecule has 1 saturated heterocycles. The third-order valence-electron chi connectivity index (χ3n) is 7.73. The number of imide groups is 1. The number of hydrogen-bond donors (Lipinski definition) is 1. The molecule has 0 radical (unpaired) electrons. The minimum absolute atomic E-state index is 0.268. The van der Waals surface area contributed by atoms with Crippen molar-refractivity contribution in [3.05, 3.63) is 122 Å². The zero-order chi connectivity index (χ0) is 29.8. The molecule has 1 aromatic heterocycles. The fourth-order valence-corrected chi connectivity index (χ4v) is 8.70. The number of anilines is 2. The van der Waals surface area contributed by atoms with Gasteiger partial charge in [-0.2, -0.15) is 0 Å². The Morgan fingerprint density at radius 2 is 1.60 bits per heavy atom. The van der Waals surface area contributed by atoms with Crippen LogP contribution >= 0.6 is 34.7 Å². The van der Waals surface area contributed by atoms with Crippen molar-refractivity contribution in [1.29, 1.82) is 0 Å². The molecular weight excluding hydrogens is 609 g/mol. The lowest BCUT2D eigenvalue weighted by molar-refractivity contribution is -0.122. The Balaban J connectivity index is 1.28. The summed E-state index contributed by atoms with van der Waals surface area (Å²) in [4.78, 5) is 55.7. The van der Waals surface area contributed by atoms with Gasteiger partial charge in [0.15, 0.2) is 0 Å². The van der Waals surface area contributed by atoms with Gasteiger partial charge in [0.25, 0.3) is 0 Å². The van der Waals surface area contributed by atoms with Gasteiger partial charge in [0, 0.05) is 26.9 Å². The Hall–Kier alpha value is -4.25. The fraction of sp³-hybridized carbons (Fsp3) is 0.125. The molecule has 2 aliphatic heterocycles. The van der Waals surface area contributed by atoms with Crippen LogP contribution in [0, 0.1) is 11.7 Å². The quantitative estimate of drug-likeness (QED) is 0.231. The van der Waals surface area contributed by atoms with E-state index in [0.29, 0.717) is 20.6 Å². The van der Waals surface area contributed by atoms with Gasteiger partial charge >= 0.3 is 4.87 Å². The number of halogens is 2. The molecule has 1 N–H and O–H groups in total. The Bertz CT molecular complexity index is 1990. The summed E-state index contributed by atoms with van der Waals surface area (Å²) in [6.45, 7) is -0.268. The van der Waals surface area contributed by atoms with Gasteiger partial charge in [-0.3, -0.25) is 23.7 Å². The largest absolute Gasteiger partial charge is 0.324 e. The van der Waals surface area contributed by atoms with Crippen molar-refractivity contribution in [2.75, 3.05) is 10.2 Å². The van der Waals surface area contributed by atoms with E-state index in [1.807, 2.05) is 36.4 Å². The van der Waals surface area contributed by atoms with Gasteiger partial charge in [0.2, 0.25) is 17.7 Å². The van der Waals surface area contributed by atoms with E-state index in [4.69, 9.17) is 11.6 Å². The lowest BCUT2D eigenvalue weighted by Gasteiger charge is -2.30. The third-order valence-corrected chi connectivity index (χ3v) is 10.6. The summed E-state index contributed by atoms with van der Waals surface area (Å²) in [6.07, 6.45) is 0. The average molecular weight is 630 g/mol. The summed E-state index contributed by atoms with van der Waals surface area (Å²) in [5, 5.41) is 4.89. The van der Waals surface area contributed by atoms with Crippen molar-refractivity contribution in [2.45, 2.75) is 22.7 Å². The van der Waals surface area contributed by atoms with Gasteiger partial charge in [-0.1, -0.05) is 83.2 Å².